The molecule has 1 heterocycles. The van der Waals surface area contributed by atoms with Gasteiger partial charge in [-0.3, -0.25) is 10.1 Å². The van der Waals surface area contributed by atoms with E-state index in [0.29, 0.717) is 6.61 Å². The van der Waals surface area contributed by atoms with Crippen LogP contribution in [0.4, 0.5) is 17.5 Å². The van der Waals surface area contributed by atoms with E-state index in [9.17, 15) is 10.1 Å². The fourth-order valence-corrected chi connectivity index (χ4v) is 2.69. The number of hydrogen-bond acceptors (Lipinski definition) is 7. The zero-order valence-electron chi connectivity index (χ0n) is 12.7. The van der Waals surface area contributed by atoms with E-state index in [1.54, 1.807) is 6.92 Å². The van der Waals surface area contributed by atoms with E-state index < -0.39 is 4.92 Å². The molecule has 0 aromatic carbocycles. The van der Waals surface area contributed by atoms with Crippen LogP contribution < -0.4 is 11.1 Å². The molecular formula is C13H21N5O3. The Morgan fingerprint density at radius 2 is 2.19 bits per heavy atom. The molecule has 0 amide bonds. The van der Waals surface area contributed by atoms with Crippen LogP contribution in [0.5, 0.6) is 0 Å². The van der Waals surface area contributed by atoms with Crippen LogP contribution >= 0.6 is 0 Å². The zero-order chi connectivity index (χ0) is 15.8. The molecule has 1 fully saturated rings. The van der Waals surface area contributed by atoms with E-state index in [-0.39, 0.29) is 40.7 Å². The Labute approximate surface area is 123 Å². The maximum Gasteiger partial charge on any atom is 0.332 e. The molecule has 0 saturated heterocycles. The van der Waals surface area contributed by atoms with Gasteiger partial charge < -0.3 is 15.8 Å². The highest BCUT2D eigenvalue weighted by molar-refractivity contribution is 5.61. The Hall–Kier alpha value is -1.96. The summed E-state index contributed by atoms with van der Waals surface area (Å²) in [6.07, 6.45) is 0.917. The van der Waals surface area contributed by atoms with Crippen molar-refractivity contribution >= 4 is 17.5 Å². The second-order valence-electron chi connectivity index (χ2n) is 5.82. The van der Waals surface area contributed by atoms with Gasteiger partial charge in [-0.05, 0) is 20.3 Å². The van der Waals surface area contributed by atoms with Crippen molar-refractivity contribution in [1.29, 1.82) is 0 Å². The molecule has 2 unspecified atom stereocenters. The summed E-state index contributed by atoms with van der Waals surface area (Å²) in [4.78, 5) is 18.5. The Morgan fingerprint density at radius 3 is 2.71 bits per heavy atom. The summed E-state index contributed by atoms with van der Waals surface area (Å²) in [5.74, 6) is 0.206. The van der Waals surface area contributed by atoms with Gasteiger partial charge in [0.1, 0.15) is 5.69 Å². The van der Waals surface area contributed by atoms with Crippen LogP contribution in [0.1, 0.15) is 32.9 Å². The highest BCUT2D eigenvalue weighted by Gasteiger charge is 2.49. The number of nitro groups is 1. The van der Waals surface area contributed by atoms with Crippen LogP contribution in [0.3, 0.4) is 0 Å². The Kier molecular flexibility index (Phi) is 3.99. The first-order valence-corrected chi connectivity index (χ1v) is 6.94. The molecule has 3 N–H and O–H groups in total. The van der Waals surface area contributed by atoms with E-state index in [0.717, 1.165) is 6.42 Å². The van der Waals surface area contributed by atoms with Crippen molar-refractivity contribution in [2.75, 3.05) is 17.7 Å². The van der Waals surface area contributed by atoms with Crippen LogP contribution in [0.2, 0.25) is 0 Å². The smallest absolute Gasteiger partial charge is 0.332 e. The van der Waals surface area contributed by atoms with Gasteiger partial charge in [0, 0.05) is 18.1 Å². The molecule has 2 atom stereocenters. The molecule has 0 aliphatic heterocycles. The number of rotatable bonds is 5. The highest BCUT2D eigenvalue weighted by Crippen LogP contribution is 2.45. The fourth-order valence-electron chi connectivity index (χ4n) is 2.69. The Morgan fingerprint density at radius 1 is 1.52 bits per heavy atom. The van der Waals surface area contributed by atoms with Crippen molar-refractivity contribution in [1.82, 2.24) is 9.97 Å². The lowest BCUT2D eigenvalue weighted by Gasteiger charge is -2.51. The van der Waals surface area contributed by atoms with Gasteiger partial charge in [-0.15, -0.1) is 0 Å². The summed E-state index contributed by atoms with van der Waals surface area (Å²) in [7, 11) is 0. The molecular weight excluding hydrogens is 274 g/mol. The van der Waals surface area contributed by atoms with Gasteiger partial charge in [0.15, 0.2) is 0 Å². The number of nitrogens with one attached hydrogen (secondary N) is 1. The molecule has 1 aromatic heterocycles. The molecule has 8 nitrogen and oxygen atoms in total. The molecule has 2 rings (SSSR count). The largest absolute Gasteiger partial charge is 0.378 e. The van der Waals surface area contributed by atoms with Gasteiger partial charge in [0.25, 0.3) is 0 Å². The number of nitrogen functional groups attached to an aromatic ring is 1. The lowest BCUT2D eigenvalue weighted by molar-refractivity contribution is -0.385. The number of nitrogens with two attached hydrogens (primary N) is 1. The standard InChI is InChI=1S/C13H21N5O3/c1-5-21-9-6-8(13(9,3)4)16-11-10(18(19)20)7(2)15-12(14)17-11/h8-9H,5-6H2,1-4H3,(H3,14,15,16,17). The zero-order valence-corrected chi connectivity index (χ0v) is 12.7. The van der Waals surface area contributed by atoms with Crippen molar-refractivity contribution in [3.63, 3.8) is 0 Å². The number of ether oxygens (including phenoxy) is 1. The summed E-state index contributed by atoms with van der Waals surface area (Å²) >= 11 is 0. The second-order valence-corrected chi connectivity index (χ2v) is 5.82. The van der Waals surface area contributed by atoms with Gasteiger partial charge >= 0.3 is 5.69 Å². The van der Waals surface area contributed by atoms with Gasteiger partial charge in [0.05, 0.1) is 11.0 Å². The van der Waals surface area contributed by atoms with Crippen LogP contribution in [0.25, 0.3) is 0 Å². The van der Waals surface area contributed by atoms with E-state index in [2.05, 4.69) is 29.1 Å². The third-order valence-electron chi connectivity index (χ3n) is 4.11. The minimum absolute atomic E-state index is 0.0269. The molecule has 0 spiro atoms. The van der Waals surface area contributed by atoms with Gasteiger partial charge in [-0.1, -0.05) is 13.8 Å². The summed E-state index contributed by atoms with van der Waals surface area (Å²) in [5, 5.41) is 14.3. The molecule has 0 radical (unpaired) electrons. The lowest BCUT2D eigenvalue weighted by atomic mass is 9.64. The normalized spacial score (nSPS) is 23.4. The average Bonchev–Trinajstić information content (AvgIpc) is 2.36. The number of nitrogens with zero attached hydrogens (tertiary/aromatic N) is 3. The van der Waals surface area contributed by atoms with E-state index in [1.807, 2.05) is 6.92 Å². The minimum Gasteiger partial charge on any atom is -0.378 e. The van der Waals surface area contributed by atoms with Gasteiger partial charge in [0.2, 0.25) is 11.8 Å². The molecule has 1 saturated carbocycles. The van der Waals surface area contributed by atoms with Crippen LogP contribution in [-0.2, 0) is 4.74 Å². The quantitative estimate of drug-likeness (QED) is 0.629. The van der Waals surface area contributed by atoms with Crippen molar-refractivity contribution in [3.05, 3.63) is 15.8 Å². The number of anilines is 2. The number of hydrogen-bond donors (Lipinski definition) is 2. The molecule has 1 aliphatic rings. The molecule has 0 bridgehead atoms. The van der Waals surface area contributed by atoms with Crippen LogP contribution in [0.15, 0.2) is 0 Å². The summed E-state index contributed by atoms with van der Waals surface area (Å²) < 4.78 is 5.65. The second kappa shape index (κ2) is 5.44. The van der Waals surface area contributed by atoms with Crippen molar-refractivity contribution in [3.8, 4) is 0 Å². The van der Waals surface area contributed by atoms with Crippen molar-refractivity contribution in [2.24, 2.45) is 5.41 Å². The van der Waals surface area contributed by atoms with Crippen LogP contribution in [0, 0.1) is 22.5 Å². The first-order chi connectivity index (χ1) is 9.77. The average molecular weight is 295 g/mol. The predicted molar refractivity (Wildman–Crippen MR) is 79.1 cm³/mol. The Bertz CT molecular complexity index is 561. The summed E-state index contributed by atoms with van der Waals surface area (Å²) in [6.45, 7) is 8.29. The third kappa shape index (κ3) is 2.76. The van der Waals surface area contributed by atoms with Crippen LogP contribution in [-0.4, -0.2) is 33.6 Å². The first kappa shape index (κ1) is 15.4. The summed E-state index contributed by atoms with van der Waals surface area (Å²) in [6, 6.07) is 0.0430. The predicted octanol–water partition coefficient (Wildman–Crippen LogP) is 1.89. The SMILES string of the molecule is CCOC1CC(Nc2nc(N)nc(C)c2[N+](=O)[O-])C1(C)C. The van der Waals surface area contributed by atoms with Gasteiger partial charge in [-0.2, -0.15) is 4.98 Å². The fraction of sp³-hybridized carbons (Fsp3) is 0.692. The monoisotopic (exact) mass is 295 g/mol. The van der Waals surface area contributed by atoms with E-state index >= 15 is 0 Å². The topological polar surface area (TPSA) is 116 Å². The minimum atomic E-state index is -0.483. The van der Waals surface area contributed by atoms with Crippen molar-refractivity contribution in [2.45, 2.75) is 46.3 Å². The molecule has 21 heavy (non-hydrogen) atoms. The van der Waals surface area contributed by atoms with E-state index in [4.69, 9.17) is 10.5 Å². The highest BCUT2D eigenvalue weighted by atomic mass is 16.6. The Balaban J connectivity index is 2.23. The molecule has 8 heteroatoms. The van der Waals surface area contributed by atoms with E-state index in [1.165, 1.54) is 0 Å². The maximum atomic E-state index is 11.2. The summed E-state index contributed by atoms with van der Waals surface area (Å²) in [5.41, 5.74) is 5.60. The third-order valence-corrected chi connectivity index (χ3v) is 4.11. The first-order valence-electron chi connectivity index (χ1n) is 6.94. The molecule has 1 aliphatic carbocycles. The number of aryl methyl sites for hydroxylation is 1. The molecule has 116 valence electrons. The van der Waals surface area contributed by atoms with Gasteiger partial charge in [-0.25, -0.2) is 4.98 Å². The maximum absolute atomic E-state index is 11.2. The van der Waals surface area contributed by atoms with Crippen molar-refractivity contribution < 1.29 is 9.66 Å². The molecule has 1 aromatic rings. The lowest BCUT2D eigenvalue weighted by Crippen LogP contribution is -2.58. The number of aromatic nitrogens is 2.